The second-order valence-corrected chi connectivity index (χ2v) is 5.70. The highest BCUT2D eigenvalue weighted by Crippen LogP contribution is 2.22. The zero-order valence-corrected chi connectivity index (χ0v) is 13.2. The van der Waals surface area contributed by atoms with Gasteiger partial charge in [0.25, 0.3) is 0 Å². The molecule has 0 spiro atoms. The summed E-state index contributed by atoms with van der Waals surface area (Å²) in [5.74, 6) is 0.923. The third kappa shape index (κ3) is 2.58. The predicted molar refractivity (Wildman–Crippen MR) is 93.2 cm³/mol. The van der Waals surface area contributed by atoms with Crippen LogP contribution < -0.4 is 5.73 Å². The minimum atomic E-state index is 0.342. The van der Waals surface area contributed by atoms with Crippen LogP contribution in [0.5, 0.6) is 0 Å². The second kappa shape index (κ2) is 5.73. The van der Waals surface area contributed by atoms with Crippen molar-refractivity contribution in [3.8, 4) is 11.4 Å². The number of anilines is 1. The Morgan fingerprint density at radius 1 is 0.958 bits per heavy atom. The van der Waals surface area contributed by atoms with Crippen LogP contribution >= 0.6 is 0 Å². The number of nitrogen functional groups attached to an aromatic ring is 1. The van der Waals surface area contributed by atoms with Gasteiger partial charge in [0.05, 0.1) is 6.54 Å². The molecular weight excluding hydrogens is 300 g/mol. The number of nitrogens with two attached hydrogens (primary N) is 1. The fourth-order valence-electron chi connectivity index (χ4n) is 2.57. The van der Waals surface area contributed by atoms with Crippen molar-refractivity contribution in [2.75, 3.05) is 5.73 Å². The number of aromatic nitrogens is 5. The summed E-state index contributed by atoms with van der Waals surface area (Å²) in [5, 5.41) is 8.31. The predicted octanol–water partition coefficient (Wildman–Crippen LogP) is 2.83. The third-order valence-corrected chi connectivity index (χ3v) is 3.87. The summed E-state index contributed by atoms with van der Waals surface area (Å²) < 4.78 is 1.75. The van der Waals surface area contributed by atoms with Crippen molar-refractivity contribution in [2.45, 2.75) is 13.5 Å². The average molecular weight is 316 g/mol. The summed E-state index contributed by atoms with van der Waals surface area (Å²) in [6.45, 7) is 2.63. The van der Waals surface area contributed by atoms with Crippen molar-refractivity contribution >= 4 is 17.0 Å². The summed E-state index contributed by atoms with van der Waals surface area (Å²) in [6, 6.07) is 18.1. The molecule has 4 rings (SSSR count). The highest BCUT2D eigenvalue weighted by molar-refractivity contribution is 5.83. The number of aryl methyl sites for hydroxylation is 1. The molecule has 0 atom stereocenters. The Balaban J connectivity index is 1.81. The maximum absolute atomic E-state index is 6.06. The fourth-order valence-corrected chi connectivity index (χ4v) is 2.57. The Labute approximate surface area is 139 Å². The number of benzene rings is 2. The normalized spacial score (nSPS) is 11.0. The zero-order chi connectivity index (χ0) is 16.5. The largest absolute Gasteiger partial charge is 0.382 e. The van der Waals surface area contributed by atoms with E-state index in [0.29, 0.717) is 29.4 Å². The van der Waals surface area contributed by atoms with Gasteiger partial charge in [-0.05, 0) is 12.5 Å². The van der Waals surface area contributed by atoms with E-state index in [0.717, 1.165) is 11.1 Å². The second-order valence-electron chi connectivity index (χ2n) is 5.70. The SMILES string of the molecule is Cc1ccc(-c2nc(N)c3nnn(Cc4ccccc4)c3n2)cc1. The number of nitrogens with zero attached hydrogens (tertiary/aromatic N) is 5. The molecule has 2 aromatic carbocycles. The van der Waals surface area contributed by atoms with Gasteiger partial charge in [-0.25, -0.2) is 14.6 Å². The van der Waals surface area contributed by atoms with Gasteiger partial charge in [-0.3, -0.25) is 0 Å². The highest BCUT2D eigenvalue weighted by Gasteiger charge is 2.14. The Kier molecular flexibility index (Phi) is 3.42. The summed E-state index contributed by atoms with van der Waals surface area (Å²) in [4.78, 5) is 9.01. The summed E-state index contributed by atoms with van der Waals surface area (Å²) in [7, 11) is 0. The first-order valence-corrected chi connectivity index (χ1v) is 7.68. The molecule has 0 aliphatic rings. The van der Waals surface area contributed by atoms with Crippen molar-refractivity contribution in [1.29, 1.82) is 0 Å². The van der Waals surface area contributed by atoms with Gasteiger partial charge < -0.3 is 5.73 Å². The molecule has 0 fully saturated rings. The molecule has 0 aliphatic heterocycles. The van der Waals surface area contributed by atoms with Gasteiger partial charge in [-0.15, -0.1) is 5.10 Å². The standard InChI is InChI=1S/C18H16N6/c1-12-7-9-14(10-8-12)17-20-16(19)15-18(21-17)24(23-22-15)11-13-5-3-2-4-6-13/h2-10H,11H2,1H3,(H2,19,20,21). The number of rotatable bonds is 3. The Morgan fingerprint density at radius 3 is 2.46 bits per heavy atom. The van der Waals surface area contributed by atoms with Crippen molar-refractivity contribution in [2.24, 2.45) is 0 Å². The van der Waals surface area contributed by atoms with Crippen LogP contribution in [0.3, 0.4) is 0 Å². The van der Waals surface area contributed by atoms with Gasteiger partial charge in [0.15, 0.2) is 22.8 Å². The number of hydrogen-bond acceptors (Lipinski definition) is 5. The van der Waals surface area contributed by atoms with Crippen LogP contribution in [0, 0.1) is 6.92 Å². The molecule has 0 aliphatic carbocycles. The van der Waals surface area contributed by atoms with Crippen molar-refractivity contribution in [1.82, 2.24) is 25.0 Å². The van der Waals surface area contributed by atoms with Crippen LogP contribution in [-0.2, 0) is 6.54 Å². The van der Waals surface area contributed by atoms with E-state index in [2.05, 4.69) is 20.3 Å². The molecule has 0 amide bonds. The lowest BCUT2D eigenvalue weighted by molar-refractivity contribution is 0.664. The number of hydrogen-bond donors (Lipinski definition) is 1. The molecule has 2 N–H and O–H groups in total. The Morgan fingerprint density at radius 2 is 1.71 bits per heavy atom. The van der Waals surface area contributed by atoms with E-state index in [4.69, 9.17) is 5.73 Å². The molecule has 0 bridgehead atoms. The Bertz CT molecular complexity index is 989. The van der Waals surface area contributed by atoms with E-state index in [1.807, 2.05) is 61.5 Å². The van der Waals surface area contributed by atoms with Crippen LogP contribution in [0.25, 0.3) is 22.6 Å². The first kappa shape index (κ1) is 14.3. The van der Waals surface area contributed by atoms with Crippen molar-refractivity contribution < 1.29 is 0 Å². The maximum atomic E-state index is 6.06. The lowest BCUT2D eigenvalue weighted by Crippen LogP contribution is -2.04. The van der Waals surface area contributed by atoms with Crippen molar-refractivity contribution in [3.63, 3.8) is 0 Å². The van der Waals surface area contributed by atoms with Gasteiger partial charge in [-0.1, -0.05) is 65.4 Å². The quantitative estimate of drug-likeness (QED) is 0.628. The lowest BCUT2D eigenvalue weighted by atomic mass is 10.1. The molecule has 24 heavy (non-hydrogen) atoms. The van der Waals surface area contributed by atoms with E-state index in [1.54, 1.807) is 4.68 Å². The van der Waals surface area contributed by atoms with Gasteiger partial charge in [0.2, 0.25) is 0 Å². The molecule has 0 radical (unpaired) electrons. The summed E-state index contributed by atoms with van der Waals surface area (Å²) in [5.41, 5.74) is 10.5. The summed E-state index contributed by atoms with van der Waals surface area (Å²) in [6.07, 6.45) is 0. The monoisotopic (exact) mass is 316 g/mol. The van der Waals surface area contributed by atoms with Gasteiger partial charge in [0, 0.05) is 5.56 Å². The maximum Gasteiger partial charge on any atom is 0.184 e. The zero-order valence-electron chi connectivity index (χ0n) is 13.2. The minimum Gasteiger partial charge on any atom is -0.382 e. The van der Waals surface area contributed by atoms with Crippen LogP contribution in [0.1, 0.15) is 11.1 Å². The molecule has 6 heteroatoms. The van der Waals surface area contributed by atoms with Crippen LogP contribution in [-0.4, -0.2) is 25.0 Å². The molecule has 0 saturated heterocycles. The Hall–Kier alpha value is -3.28. The van der Waals surface area contributed by atoms with E-state index in [-0.39, 0.29) is 0 Å². The smallest absolute Gasteiger partial charge is 0.184 e. The van der Waals surface area contributed by atoms with E-state index < -0.39 is 0 Å². The molecule has 6 nitrogen and oxygen atoms in total. The van der Waals surface area contributed by atoms with Crippen LogP contribution in [0.15, 0.2) is 54.6 Å². The summed E-state index contributed by atoms with van der Waals surface area (Å²) >= 11 is 0. The molecule has 118 valence electrons. The molecule has 2 aromatic heterocycles. The van der Waals surface area contributed by atoms with Crippen LogP contribution in [0.4, 0.5) is 5.82 Å². The first-order chi connectivity index (χ1) is 11.7. The van der Waals surface area contributed by atoms with Gasteiger partial charge in [-0.2, -0.15) is 0 Å². The first-order valence-electron chi connectivity index (χ1n) is 7.68. The third-order valence-electron chi connectivity index (χ3n) is 3.87. The van der Waals surface area contributed by atoms with Gasteiger partial charge >= 0.3 is 0 Å². The molecule has 2 heterocycles. The molecule has 0 saturated carbocycles. The van der Waals surface area contributed by atoms with Crippen LogP contribution in [0.2, 0.25) is 0 Å². The molecular formula is C18H16N6. The minimum absolute atomic E-state index is 0.342. The molecule has 4 aromatic rings. The van der Waals surface area contributed by atoms with E-state index >= 15 is 0 Å². The number of fused-ring (bicyclic) bond motifs is 1. The highest BCUT2D eigenvalue weighted by atomic mass is 15.4. The molecule has 0 unspecified atom stereocenters. The van der Waals surface area contributed by atoms with E-state index in [9.17, 15) is 0 Å². The van der Waals surface area contributed by atoms with E-state index in [1.165, 1.54) is 5.56 Å². The lowest BCUT2D eigenvalue weighted by Gasteiger charge is -2.05. The van der Waals surface area contributed by atoms with Crippen molar-refractivity contribution in [3.05, 3.63) is 65.7 Å². The topological polar surface area (TPSA) is 82.5 Å². The fraction of sp³-hybridized carbons (Fsp3) is 0.111. The van der Waals surface area contributed by atoms with Gasteiger partial charge in [0.1, 0.15) is 0 Å². The average Bonchev–Trinajstić information content (AvgIpc) is 3.00.